The van der Waals surface area contributed by atoms with E-state index in [2.05, 4.69) is 26.9 Å². The van der Waals surface area contributed by atoms with Crippen LogP contribution in [0.1, 0.15) is 57.4 Å². The topological polar surface area (TPSA) is 203 Å². The molecule has 17 heteroatoms. The molecule has 294 valence electrons. The summed E-state index contributed by atoms with van der Waals surface area (Å²) in [5, 5.41) is 6.06. The van der Waals surface area contributed by atoms with E-state index < -0.39 is 68.7 Å². The number of carbonyl (C=O) groups is 5. The number of hydrogen-bond donors (Lipinski definition) is 3. The van der Waals surface area contributed by atoms with Crippen molar-refractivity contribution in [3.63, 3.8) is 0 Å². The van der Waals surface area contributed by atoms with Gasteiger partial charge in [-0.25, -0.2) is 18.2 Å². The van der Waals surface area contributed by atoms with Crippen LogP contribution in [0.2, 0.25) is 0 Å². The van der Waals surface area contributed by atoms with E-state index in [0.717, 1.165) is 17.0 Å². The molecule has 5 amide bonds. The molecule has 4 aliphatic rings. The lowest BCUT2D eigenvalue weighted by molar-refractivity contribution is -0.142. The van der Waals surface area contributed by atoms with E-state index in [1.54, 1.807) is 25.4 Å². The monoisotopic (exact) mass is 778 g/mol. The van der Waals surface area contributed by atoms with E-state index in [-0.39, 0.29) is 38.5 Å². The molecule has 5 bridgehead atoms. The zero-order chi connectivity index (χ0) is 39.3. The number of amides is 5. The van der Waals surface area contributed by atoms with E-state index in [9.17, 15) is 32.4 Å². The van der Waals surface area contributed by atoms with Crippen LogP contribution in [0.15, 0.2) is 55.3 Å². The van der Waals surface area contributed by atoms with Gasteiger partial charge in [0.2, 0.25) is 33.6 Å². The van der Waals surface area contributed by atoms with Crippen molar-refractivity contribution in [2.24, 2.45) is 0 Å². The zero-order valence-corrected chi connectivity index (χ0v) is 31.6. The van der Waals surface area contributed by atoms with E-state index in [1.807, 2.05) is 24.3 Å². The normalized spacial score (nSPS) is 26.7. The highest BCUT2D eigenvalue weighted by Crippen LogP contribution is 2.34. The lowest BCUT2D eigenvalue weighted by Gasteiger charge is -2.33. The van der Waals surface area contributed by atoms with Crippen LogP contribution in [0.3, 0.4) is 0 Å². The van der Waals surface area contributed by atoms with Crippen LogP contribution in [0.4, 0.5) is 4.79 Å². The Morgan fingerprint density at radius 2 is 1.91 bits per heavy atom. The molecule has 1 aromatic carbocycles. The van der Waals surface area contributed by atoms with Crippen LogP contribution in [0, 0.1) is 0 Å². The van der Waals surface area contributed by atoms with Crippen molar-refractivity contribution in [2.75, 3.05) is 33.4 Å². The molecular formula is C38H46N6O10S. The Hall–Kier alpha value is -5.45. The minimum absolute atomic E-state index is 0.0312. The fourth-order valence-electron chi connectivity index (χ4n) is 6.84. The second kappa shape index (κ2) is 16.5. The zero-order valence-electron chi connectivity index (χ0n) is 30.8. The molecule has 1 saturated carbocycles. The molecule has 2 aromatic rings. The van der Waals surface area contributed by atoms with Gasteiger partial charge in [0.05, 0.1) is 32.1 Å². The van der Waals surface area contributed by atoms with Crippen LogP contribution in [0.25, 0.3) is 16.8 Å². The molecule has 3 aliphatic heterocycles. The van der Waals surface area contributed by atoms with Crippen LogP contribution in [0.5, 0.6) is 11.6 Å². The van der Waals surface area contributed by atoms with Crippen molar-refractivity contribution in [3.8, 4) is 11.6 Å². The number of sulfonamides is 1. The summed E-state index contributed by atoms with van der Waals surface area (Å²) >= 11 is 0. The summed E-state index contributed by atoms with van der Waals surface area (Å²) < 4.78 is 45.3. The van der Waals surface area contributed by atoms with Gasteiger partial charge in [-0.05, 0) is 75.1 Å². The number of nitrogens with one attached hydrogen (secondary N) is 3. The Morgan fingerprint density at radius 1 is 1.13 bits per heavy atom. The second-order valence-electron chi connectivity index (χ2n) is 14.2. The quantitative estimate of drug-likeness (QED) is 0.297. The van der Waals surface area contributed by atoms with Crippen molar-refractivity contribution >= 4 is 56.6 Å². The average Bonchev–Trinajstić information content (AvgIpc) is 3.94. The fourth-order valence-corrected chi connectivity index (χ4v) is 8.23. The number of benzene rings is 1. The number of carbonyl (C=O) groups excluding carboxylic acids is 5. The molecule has 1 aliphatic carbocycles. The molecule has 1 aromatic heterocycles. The summed E-state index contributed by atoms with van der Waals surface area (Å²) in [4.78, 5) is 76.0. The minimum Gasteiger partial charge on any atom is -0.496 e. The molecule has 0 spiro atoms. The van der Waals surface area contributed by atoms with Crippen molar-refractivity contribution in [1.82, 2.24) is 30.1 Å². The predicted octanol–water partition coefficient (Wildman–Crippen LogP) is 2.34. The maximum Gasteiger partial charge on any atom is 0.407 e. The van der Waals surface area contributed by atoms with E-state index in [1.165, 1.54) is 22.8 Å². The number of allylic oxidation sites excluding steroid dienone is 2. The standard InChI is InChI=1S/C38H46N6O10S/c1-4-32(45)43-17-9-6-8-15-38(2,36(48)42-55(50,51)27-12-13-27)41-33(46)30-21-26-22-44(30)35(47)29(23-43)40-37(49)53-18-10-5-7-11-25-19-28-24(20-31(25)52-3)14-16-39-34(28)54-26/h4,7-8,11,14-16,19-20,26-27,29-30H,1,5-6,9-10,12-13,17-18,21-23H2,2-3H3,(H,40,49)(H,41,46)(H,42,48)/b11-7+,15-8-/t26-,29+,30+,38-/m1/s1. The molecule has 1 saturated heterocycles. The van der Waals surface area contributed by atoms with Crippen LogP contribution in [-0.2, 0) is 33.9 Å². The summed E-state index contributed by atoms with van der Waals surface area (Å²) in [6.45, 7) is 4.75. The number of methoxy groups -OCH3 is 1. The molecule has 0 radical (unpaired) electrons. The third-order valence-electron chi connectivity index (χ3n) is 10.0. The average molecular weight is 779 g/mol. The van der Waals surface area contributed by atoms with E-state index in [4.69, 9.17) is 14.2 Å². The molecule has 4 heterocycles. The summed E-state index contributed by atoms with van der Waals surface area (Å²) in [5.74, 6) is -2.07. The predicted molar refractivity (Wildman–Crippen MR) is 201 cm³/mol. The first-order chi connectivity index (χ1) is 26.3. The first-order valence-electron chi connectivity index (χ1n) is 18.3. The van der Waals surface area contributed by atoms with Gasteiger partial charge in [0.1, 0.15) is 29.5 Å². The lowest BCUT2D eigenvalue weighted by Crippen LogP contribution is -2.62. The third kappa shape index (κ3) is 9.10. The molecule has 0 unspecified atom stereocenters. The molecule has 2 fully saturated rings. The van der Waals surface area contributed by atoms with Gasteiger partial charge in [-0.2, -0.15) is 0 Å². The van der Waals surface area contributed by atoms with Crippen molar-refractivity contribution in [3.05, 3.63) is 60.8 Å². The van der Waals surface area contributed by atoms with Gasteiger partial charge in [0.25, 0.3) is 5.91 Å². The summed E-state index contributed by atoms with van der Waals surface area (Å²) in [6.07, 6.45) is 10.3. The number of fused-ring (bicyclic) bond motifs is 3. The van der Waals surface area contributed by atoms with Gasteiger partial charge in [-0.3, -0.25) is 23.9 Å². The largest absolute Gasteiger partial charge is 0.496 e. The minimum atomic E-state index is -3.98. The highest BCUT2D eigenvalue weighted by Gasteiger charge is 2.47. The number of hydrogen-bond acceptors (Lipinski definition) is 11. The number of alkyl carbamates (subject to hydrolysis) is 1. The maximum atomic E-state index is 14.6. The van der Waals surface area contributed by atoms with Crippen LogP contribution in [-0.4, -0.2) is 115 Å². The number of rotatable bonds is 5. The first kappa shape index (κ1) is 39.2. The smallest absolute Gasteiger partial charge is 0.407 e. The molecular weight excluding hydrogens is 733 g/mol. The fraction of sp³-hybridized carbons (Fsp3) is 0.474. The second-order valence-corrected chi connectivity index (χ2v) is 16.2. The van der Waals surface area contributed by atoms with Gasteiger partial charge in [-0.15, -0.1) is 0 Å². The SMILES string of the molecule is C=CC(=O)N1CCC/C=C\[C@](C)(C(=O)NS(=O)(=O)C2CC2)NC(=O)[C@@H]2C[C@@H]3CN2C(=O)[C@H](C1)NC(=O)OCCC/C=C/c1cc2c(nccc2cc1OC)O3. The Kier molecular flexibility index (Phi) is 11.8. The molecule has 6 rings (SSSR count). The van der Waals surface area contributed by atoms with Gasteiger partial charge < -0.3 is 34.6 Å². The third-order valence-corrected chi connectivity index (χ3v) is 11.9. The summed E-state index contributed by atoms with van der Waals surface area (Å²) in [6, 6.07) is 2.91. The van der Waals surface area contributed by atoms with E-state index in [0.29, 0.717) is 49.7 Å². The Morgan fingerprint density at radius 3 is 2.65 bits per heavy atom. The lowest BCUT2D eigenvalue weighted by atomic mass is 9.98. The molecule has 3 N–H and O–H groups in total. The highest BCUT2D eigenvalue weighted by molar-refractivity contribution is 7.91. The Labute approximate surface area is 319 Å². The van der Waals surface area contributed by atoms with Gasteiger partial charge in [-0.1, -0.05) is 30.9 Å². The first-order valence-corrected chi connectivity index (χ1v) is 19.9. The number of pyridine rings is 1. The Balaban J connectivity index is 1.41. The summed E-state index contributed by atoms with van der Waals surface area (Å²) in [5.41, 5.74) is -1.11. The van der Waals surface area contributed by atoms with Crippen LogP contribution < -0.4 is 24.8 Å². The number of cyclic esters (lactones) is 1. The van der Waals surface area contributed by atoms with Gasteiger partial charge in [0, 0.05) is 30.1 Å². The molecule has 4 atom stereocenters. The summed E-state index contributed by atoms with van der Waals surface area (Å²) in [7, 11) is -2.42. The van der Waals surface area contributed by atoms with E-state index >= 15 is 0 Å². The number of ether oxygens (including phenoxy) is 3. The van der Waals surface area contributed by atoms with Gasteiger partial charge in [0.15, 0.2) is 0 Å². The molecule has 55 heavy (non-hydrogen) atoms. The van der Waals surface area contributed by atoms with Crippen molar-refractivity contribution in [2.45, 2.75) is 80.8 Å². The van der Waals surface area contributed by atoms with Gasteiger partial charge >= 0.3 is 6.09 Å². The van der Waals surface area contributed by atoms with Crippen LogP contribution >= 0.6 is 0 Å². The number of aromatic nitrogens is 1. The number of nitrogens with zero attached hydrogens (tertiary/aromatic N) is 3. The Bertz CT molecular complexity index is 2030. The van der Waals surface area contributed by atoms with Crippen molar-refractivity contribution < 1.29 is 46.6 Å². The maximum absolute atomic E-state index is 14.6. The molecule has 16 nitrogen and oxygen atoms in total. The highest BCUT2D eigenvalue weighted by atomic mass is 32.2. The van der Waals surface area contributed by atoms with Crippen molar-refractivity contribution in [1.29, 1.82) is 0 Å².